The van der Waals surface area contributed by atoms with Gasteiger partial charge in [0.2, 0.25) is 5.76 Å². The van der Waals surface area contributed by atoms with E-state index in [0.29, 0.717) is 0 Å². The van der Waals surface area contributed by atoms with E-state index in [1.165, 1.54) is 30.3 Å². The Morgan fingerprint density at radius 3 is 2.74 bits per heavy atom. The molecule has 1 aliphatic rings. The zero-order valence-electron chi connectivity index (χ0n) is 17.9. The van der Waals surface area contributed by atoms with E-state index >= 15 is 0 Å². The van der Waals surface area contributed by atoms with Gasteiger partial charge in [0, 0.05) is 17.1 Å². The summed E-state index contributed by atoms with van der Waals surface area (Å²) < 4.78 is 78.7. The summed E-state index contributed by atoms with van der Waals surface area (Å²) in [5, 5.41) is 4.79. The monoisotopic (exact) mass is 498 g/mol. The van der Waals surface area contributed by atoms with Crippen LogP contribution in [-0.2, 0) is 12.8 Å². The molecular formula is C22H19F5N4O4. The molecule has 1 aliphatic heterocycles. The molecule has 2 aromatic heterocycles. The number of carbonyl (C=O) groups excluding carboxylic acids is 2. The zero-order valence-corrected chi connectivity index (χ0v) is 17.9. The van der Waals surface area contributed by atoms with E-state index in [4.69, 9.17) is 14.9 Å². The van der Waals surface area contributed by atoms with E-state index in [1.807, 2.05) is 0 Å². The molecule has 2 amide bonds. The molecular weight excluding hydrogens is 479 g/mol. The maximum absolute atomic E-state index is 14.2. The number of nitrogens with one attached hydrogen (secondary N) is 2. The van der Waals surface area contributed by atoms with E-state index in [1.54, 1.807) is 0 Å². The fraction of sp³-hybridized carbons (Fsp3) is 0.318. The highest BCUT2D eigenvalue weighted by Crippen LogP contribution is 2.33. The first-order valence-electron chi connectivity index (χ1n) is 10.4. The number of hydrogen-bond acceptors (Lipinski definition) is 6. The fourth-order valence-corrected chi connectivity index (χ4v) is 3.78. The highest BCUT2D eigenvalue weighted by Gasteiger charge is 2.43. The van der Waals surface area contributed by atoms with Crippen LogP contribution in [0.5, 0.6) is 5.75 Å². The van der Waals surface area contributed by atoms with Crippen LogP contribution in [0.15, 0.2) is 40.9 Å². The lowest BCUT2D eigenvalue weighted by molar-refractivity contribution is -0.142. The summed E-state index contributed by atoms with van der Waals surface area (Å²) in [4.78, 5) is 28.2. The Kier molecular flexibility index (Phi) is 6.36. The Bertz CT molecular complexity index is 1270. The molecule has 13 heteroatoms. The summed E-state index contributed by atoms with van der Waals surface area (Å²) in [5.74, 6) is -5.84. The van der Waals surface area contributed by atoms with E-state index in [-0.39, 0.29) is 40.8 Å². The Balaban J connectivity index is 1.64. The van der Waals surface area contributed by atoms with Crippen molar-refractivity contribution in [2.24, 2.45) is 5.73 Å². The molecule has 3 heterocycles. The fourth-order valence-electron chi connectivity index (χ4n) is 3.78. The van der Waals surface area contributed by atoms with E-state index in [0.717, 1.165) is 6.20 Å². The van der Waals surface area contributed by atoms with Crippen molar-refractivity contribution in [1.82, 2.24) is 15.6 Å². The van der Waals surface area contributed by atoms with Crippen LogP contribution in [0.1, 0.15) is 38.6 Å². The predicted octanol–water partition coefficient (Wildman–Crippen LogP) is 3.25. The lowest BCUT2D eigenvalue weighted by Gasteiger charge is -2.32. The van der Waals surface area contributed by atoms with Gasteiger partial charge in [0.25, 0.3) is 17.7 Å². The van der Waals surface area contributed by atoms with Crippen molar-refractivity contribution in [3.05, 3.63) is 59.1 Å². The van der Waals surface area contributed by atoms with Crippen molar-refractivity contribution in [2.75, 3.05) is 13.1 Å². The number of ether oxygens (including phenoxy) is 1. The highest BCUT2D eigenvalue weighted by atomic mass is 19.4. The van der Waals surface area contributed by atoms with Gasteiger partial charge in [-0.2, -0.15) is 13.2 Å². The van der Waals surface area contributed by atoms with Crippen molar-refractivity contribution in [3.63, 3.8) is 0 Å². The normalized spacial score (nSPS) is 17.8. The van der Waals surface area contributed by atoms with Gasteiger partial charge in [-0.1, -0.05) is 6.07 Å². The third kappa shape index (κ3) is 5.04. The molecule has 0 radical (unpaired) electrons. The summed E-state index contributed by atoms with van der Waals surface area (Å²) in [6.45, 7) is -0.877. The molecule has 0 aliphatic carbocycles. The van der Waals surface area contributed by atoms with Gasteiger partial charge < -0.3 is 25.5 Å². The number of fused-ring (bicyclic) bond motifs is 1. The number of halogens is 5. The number of alkyl halides is 5. The minimum Gasteiger partial charge on any atom is -0.489 e. The second kappa shape index (κ2) is 9.13. The van der Waals surface area contributed by atoms with Crippen LogP contribution in [0.25, 0.3) is 11.0 Å². The average molecular weight is 498 g/mol. The Hall–Kier alpha value is -3.74. The number of nitrogens with zero attached hydrogens (tertiary/aromatic N) is 1. The van der Waals surface area contributed by atoms with Crippen LogP contribution in [0, 0.1) is 0 Å². The van der Waals surface area contributed by atoms with Crippen LogP contribution in [0.3, 0.4) is 0 Å². The summed E-state index contributed by atoms with van der Waals surface area (Å²) in [6, 6.07) is 4.96. The molecule has 1 saturated heterocycles. The van der Waals surface area contributed by atoms with Crippen molar-refractivity contribution < 1.29 is 40.7 Å². The minimum atomic E-state index is -4.69. The summed E-state index contributed by atoms with van der Waals surface area (Å²) in [5.41, 5.74) is 3.65. The molecule has 8 nitrogen and oxygen atoms in total. The quantitative estimate of drug-likeness (QED) is 0.449. The SMILES string of the molecule is NC(=O)c1oc2ccc(OCc3cccnc3C(F)(F)F)cc2c1C(=O)NC1CCNCC1(F)F. The number of nitrogens with two attached hydrogens (primary N) is 1. The maximum Gasteiger partial charge on any atom is 0.433 e. The number of pyridine rings is 1. The lowest BCUT2D eigenvalue weighted by atomic mass is 10.0. The van der Waals surface area contributed by atoms with E-state index < -0.39 is 54.6 Å². The summed E-state index contributed by atoms with van der Waals surface area (Å²) in [6.07, 6.45) is -3.74. The molecule has 186 valence electrons. The molecule has 0 saturated carbocycles. The molecule has 4 rings (SSSR count). The van der Waals surface area contributed by atoms with Gasteiger partial charge >= 0.3 is 6.18 Å². The number of amides is 2. The minimum absolute atomic E-state index is 0.0216. The van der Waals surface area contributed by atoms with Crippen LogP contribution in [0.2, 0.25) is 0 Å². The maximum atomic E-state index is 14.2. The number of carbonyl (C=O) groups is 2. The molecule has 3 aromatic rings. The standard InChI is InChI=1S/C22H19F5N4O4/c23-21(24)10-29-7-5-15(21)31-20(33)16-13-8-12(3-4-14(13)35-17(16)19(28)32)34-9-11-2-1-6-30-18(11)22(25,26)27/h1-4,6,8,15,29H,5,7,9-10H2,(H2,28,32)(H,31,33). The van der Waals surface area contributed by atoms with Gasteiger partial charge in [0.05, 0.1) is 18.2 Å². The summed E-state index contributed by atoms with van der Waals surface area (Å²) in [7, 11) is 0. The average Bonchev–Trinajstić information content (AvgIpc) is 3.18. The Morgan fingerprint density at radius 1 is 1.29 bits per heavy atom. The first-order valence-corrected chi connectivity index (χ1v) is 10.4. The van der Waals surface area contributed by atoms with Crippen LogP contribution >= 0.6 is 0 Å². The van der Waals surface area contributed by atoms with Crippen LogP contribution in [-0.4, -0.2) is 41.9 Å². The molecule has 1 unspecified atom stereocenters. The smallest absolute Gasteiger partial charge is 0.433 e. The summed E-state index contributed by atoms with van der Waals surface area (Å²) >= 11 is 0. The number of benzene rings is 1. The van der Waals surface area contributed by atoms with Gasteiger partial charge in [-0.05, 0) is 37.2 Å². The predicted molar refractivity (Wildman–Crippen MR) is 112 cm³/mol. The third-order valence-electron chi connectivity index (χ3n) is 5.45. The number of primary amides is 1. The second-order valence-corrected chi connectivity index (χ2v) is 7.88. The molecule has 1 atom stereocenters. The van der Waals surface area contributed by atoms with Crippen LogP contribution in [0.4, 0.5) is 22.0 Å². The zero-order chi connectivity index (χ0) is 25.4. The Labute approximate surface area is 194 Å². The second-order valence-electron chi connectivity index (χ2n) is 7.88. The lowest BCUT2D eigenvalue weighted by Crippen LogP contribution is -2.57. The van der Waals surface area contributed by atoms with Crippen molar-refractivity contribution in [2.45, 2.75) is 31.2 Å². The first kappa shape index (κ1) is 24.4. The number of piperidine rings is 1. The van der Waals surface area contributed by atoms with Gasteiger partial charge in [0.15, 0.2) is 5.69 Å². The van der Waals surface area contributed by atoms with Crippen LogP contribution < -0.4 is 21.1 Å². The van der Waals surface area contributed by atoms with Crippen molar-refractivity contribution in [1.29, 1.82) is 0 Å². The third-order valence-corrected chi connectivity index (χ3v) is 5.45. The molecule has 1 aromatic carbocycles. The van der Waals surface area contributed by atoms with Gasteiger partial charge in [0.1, 0.15) is 17.9 Å². The Morgan fingerprint density at radius 2 is 2.06 bits per heavy atom. The number of furan rings is 1. The van der Waals surface area contributed by atoms with Crippen molar-refractivity contribution in [3.8, 4) is 5.75 Å². The topological polar surface area (TPSA) is 119 Å². The van der Waals surface area contributed by atoms with Gasteiger partial charge in [-0.25, -0.2) is 8.78 Å². The van der Waals surface area contributed by atoms with E-state index in [9.17, 15) is 31.5 Å². The molecule has 0 spiro atoms. The van der Waals surface area contributed by atoms with Crippen molar-refractivity contribution >= 4 is 22.8 Å². The van der Waals surface area contributed by atoms with Gasteiger partial charge in [-0.3, -0.25) is 14.6 Å². The first-order chi connectivity index (χ1) is 16.5. The molecule has 4 N–H and O–H groups in total. The molecule has 35 heavy (non-hydrogen) atoms. The molecule has 1 fully saturated rings. The number of aromatic nitrogens is 1. The number of hydrogen-bond donors (Lipinski definition) is 3. The largest absolute Gasteiger partial charge is 0.489 e. The molecule has 0 bridgehead atoms. The number of rotatable bonds is 6. The highest BCUT2D eigenvalue weighted by molar-refractivity contribution is 6.14. The van der Waals surface area contributed by atoms with Gasteiger partial charge in [-0.15, -0.1) is 0 Å². The van der Waals surface area contributed by atoms with E-state index in [2.05, 4.69) is 15.6 Å².